The lowest BCUT2D eigenvalue weighted by molar-refractivity contribution is -0.154. The molecule has 22 heavy (non-hydrogen) atoms. The van der Waals surface area contributed by atoms with Crippen LogP contribution in [0.1, 0.15) is 17.2 Å². The predicted molar refractivity (Wildman–Crippen MR) is 78.8 cm³/mol. The van der Waals surface area contributed by atoms with E-state index < -0.39 is 12.1 Å². The van der Waals surface area contributed by atoms with Crippen LogP contribution < -0.4 is 4.74 Å². The van der Waals surface area contributed by atoms with Gasteiger partial charge in [0, 0.05) is 5.56 Å². The van der Waals surface area contributed by atoms with Gasteiger partial charge in [0.1, 0.15) is 12.4 Å². The van der Waals surface area contributed by atoms with Gasteiger partial charge in [-0.1, -0.05) is 42.5 Å². The molecule has 2 aromatic rings. The van der Waals surface area contributed by atoms with Crippen LogP contribution in [0.3, 0.4) is 0 Å². The van der Waals surface area contributed by atoms with Gasteiger partial charge in [-0.25, -0.2) is 9.59 Å². The molecule has 2 rings (SSSR count). The van der Waals surface area contributed by atoms with Crippen molar-refractivity contribution in [3.05, 3.63) is 65.7 Å². The zero-order chi connectivity index (χ0) is 15.8. The van der Waals surface area contributed by atoms with Crippen molar-refractivity contribution in [1.29, 1.82) is 0 Å². The van der Waals surface area contributed by atoms with Crippen LogP contribution in [-0.2, 0) is 25.7 Å². The average molecular weight is 299 g/mol. The highest BCUT2D eigenvalue weighted by Crippen LogP contribution is 2.19. The second-order valence-electron chi connectivity index (χ2n) is 4.45. The van der Waals surface area contributed by atoms with Gasteiger partial charge in [-0.3, -0.25) is 0 Å². The molecule has 113 valence electrons. The molecule has 0 N–H and O–H groups in total. The van der Waals surface area contributed by atoms with Gasteiger partial charge in [0.25, 0.3) is 0 Å². The summed E-state index contributed by atoms with van der Waals surface area (Å²) in [4.78, 5) is 22.5. The van der Waals surface area contributed by atoms with Gasteiger partial charge >= 0.3 is 12.4 Å². The van der Waals surface area contributed by atoms with Gasteiger partial charge in [-0.15, -0.1) is 0 Å². The van der Waals surface area contributed by atoms with Crippen molar-refractivity contribution in [2.75, 3.05) is 7.11 Å². The molecular weight excluding hydrogens is 284 g/mol. The number of carbonyl (C=O) groups excluding carboxylic acids is 2. The van der Waals surface area contributed by atoms with Crippen molar-refractivity contribution in [3.63, 3.8) is 0 Å². The Hall–Kier alpha value is -2.82. The highest BCUT2D eigenvalue weighted by molar-refractivity contribution is 5.77. The standard InChI is InChI=1S/C17H15O5/c1-20-15-9-7-13(8-10-15)11-21-17(19)16(22-12-18)14-5-3-2-4-6-14/h2-10,16H,11H2,1H3. The van der Waals surface area contributed by atoms with Gasteiger partial charge in [0.2, 0.25) is 6.10 Å². The fourth-order valence-corrected chi connectivity index (χ4v) is 1.88. The van der Waals surface area contributed by atoms with Crippen LogP contribution in [0.2, 0.25) is 0 Å². The summed E-state index contributed by atoms with van der Waals surface area (Å²) in [6.07, 6.45) is -1.11. The normalized spacial score (nSPS) is 11.3. The third kappa shape index (κ3) is 4.09. The van der Waals surface area contributed by atoms with Crippen LogP contribution in [-0.4, -0.2) is 19.6 Å². The molecule has 0 aliphatic rings. The monoisotopic (exact) mass is 299 g/mol. The van der Waals surface area contributed by atoms with Crippen LogP contribution in [0.15, 0.2) is 54.6 Å². The van der Waals surface area contributed by atoms with E-state index in [0.29, 0.717) is 5.56 Å². The van der Waals surface area contributed by atoms with E-state index in [1.807, 2.05) is 0 Å². The summed E-state index contributed by atoms with van der Waals surface area (Å²) >= 11 is 0. The lowest BCUT2D eigenvalue weighted by Gasteiger charge is -2.14. The maximum absolute atomic E-state index is 12.1. The van der Waals surface area contributed by atoms with E-state index in [9.17, 15) is 9.59 Å². The Labute approximate surface area is 128 Å². The Bertz CT molecular complexity index is 607. The number of benzene rings is 2. The molecule has 0 saturated heterocycles. The number of rotatable bonds is 7. The number of carbonyl (C=O) groups is 1. The minimum atomic E-state index is -1.11. The lowest BCUT2D eigenvalue weighted by atomic mass is 10.1. The van der Waals surface area contributed by atoms with Crippen molar-refractivity contribution in [2.45, 2.75) is 12.7 Å². The molecule has 1 atom stereocenters. The fourth-order valence-electron chi connectivity index (χ4n) is 1.88. The largest absolute Gasteiger partial charge is 0.497 e. The topological polar surface area (TPSA) is 61.8 Å². The first-order valence-corrected chi connectivity index (χ1v) is 6.62. The fraction of sp³-hybridized carbons (Fsp3) is 0.176. The number of ether oxygens (including phenoxy) is 3. The van der Waals surface area contributed by atoms with E-state index in [4.69, 9.17) is 14.2 Å². The molecule has 1 unspecified atom stereocenters. The second-order valence-corrected chi connectivity index (χ2v) is 4.45. The summed E-state index contributed by atoms with van der Waals surface area (Å²) in [7, 11) is 1.58. The summed E-state index contributed by atoms with van der Waals surface area (Å²) in [5.74, 6) is 0.0708. The zero-order valence-electron chi connectivity index (χ0n) is 12.0. The van der Waals surface area contributed by atoms with E-state index >= 15 is 0 Å². The molecule has 5 nitrogen and oxygen atoms in total. The van der Waals surface area contributed by atoms with Crippen molar-refractivity contribution in [1.82, 2.24) is 0 Å². The van der Waals surface area contributed by atoms with Crippen LogP contribution in [0.4, 0.5) is 0 Å². The Morgan fingerprint density at radius 2 is 1.77 bits per heavy atom. The van der Waals surface area contributed by atoms with E-state index in [0.717, 1.165) is 11.3 Å². The van der Waals surface area contributed by atoms with Gasteiger partial charge < -0.3 is 14.2 Å². The van der Waals surface area contributed by atoms with Gasteiger partial charge in [0.15, 0.2) is 0 Å². The minimum Gasteiger partial charge on any atom is -0.497 e. The maximum Gasteiger partial charge on any atom is 0.418 e. The highest BCUT2D eigenvalue weighted by Gasteiger charge is 2.23. The second kappa shape index (κ2) is 7.83. The van der Waals surface area contributed by atoms with Crippen molar-refractivity contribution in [3.8, 4) is 5.75 Å². The molecular formula is C17H15O5. The molecule has 2 aromatic carbocycles. The van der Waals surface area contributed by atoms with Gasteiger partial charge in [-0.05, 0) is 17.7 Å². The molecule has 0 aliphatic carbocycles. The lowest BCUT2D eigenvalue weighted by Crippen LogP contribution is -2.18. The van der Waals surface area contributed by atoms with Gasteiger partial charge in [-0.2, -0.15) is 0 Å². The van der Waals surface area contributed by atoms with Crippen molar-refractivity contribution >= 4 is 12.4 Å². The SMILES string of the molecule is COc1ccc(COC(=O)C(O[C]=O)c2ccccc2)cc1. The zero-order valence-corrected chi connectivity index (χ0v) is 12.0. The predicted octanol–water partition coefficient (Wildman–Crippen LogP) is 2.56. The summed E-state index contributed by atoms with van der Waals surface area (Å²) in [6.45, 7) is 1.37. The first kappa shape index (κ1) is 15.6. The Kier molecular flexibility index (Phi) is 5.54. The summed E-state index contributed by atoms with van der Waals surface area (Å²) < 4.78 is 15.0. The molecule has 0 aromatic heterocycles. The van der Waals surface area contributed by atoms with E-state index in [2.05, 4.69) is 0 Å². The van der Waals surface area contributed by atoms with Crippen LogP contribution in [0.5, 0.6) is 5.75 Å². The smallest absolute Gasteiger partial charge is 0.418 e. The molecule has 0 heterocycles. The Morgan fingerprint density at radius 1 is 1.09 bits per heavy atom. The molecule has 5 heteroatoms. The summed E-state index contributed by atoms with van der Waals surface area (Å²) in [6, 6.07) is 15.8. The first-order valence-electron chi connectivity index (χ1n) is 6.62. The molecule has 0 spiro atoms. The van der Waals surface area contributed by atoms with Crippen molar-refractivity contribution < 1.29 is 23.8 Å². The minimum absolute atomic E-state index is 0.0778. The van der Waals surface area contributed by atoms with Crippen LogP contribution in [0, 0.1) is 0 Å². The number of hydrogen-bond donors (Lipinski definition) is 0. The van der Waals surface area contributed by atoms with E-state index in [1.54, 1.807) is 61.7 Å². The van der Waals surface area contributed by atoms with E-state index in [1.165, 1.54) is 6.47 Å². The average Bonchev–Trinajstić information content (AvgIpc) is 2.58. The van der Waals surface area contributed by atoms with E-state index in [-0.39, 0.29) is 6.61 Å². The molecule has 0 saturated carbocycles. The number of esters is 1. The van der Waals surface area contributed by atoms with Crippen molar-refractivity contribution in [2.24, 2.45) is 0 Å². The summed E-state index contributed by atoms with van der Waals surface area (Å²) in [5, 5.41) is 0. The molecule has 0 amide bonds. The molecule has 0 fully saturated rings. The quantitative estimate of drug-likeness (QED) is 0.735. The number of methoxy groups -OCH3 is 1. The maximum atomic E-state index is 12.1. The molecule has 1 radical (unpaired) electrons. The third-order valence-electron chi connectivity index (χ3n) is 3.02. The highest BCUT2D eigenvalue weighted by atomic mass is 16.6. The van der Waals surface area contributed by atoms with Gasteiger partial charge in [0.05, 0.1) is 7.11 Å². The number of hydrogen-bond acceptors (Lipinski definition) is 5. The molecule has 0 aliphatic heterocycles. The van der Waals surface area contributed by atoms with Crippen LogP contribution in [0.25, 0.3) is 0 Å². The Morgan fingerprint density at radius 3 is 2.36 bits per heavy atom. The first-order chi connectivity index (χ1) is 10.7. The van der Waals surface area contributed by atoms with Crippen LogP contribution >= 0.6 is 0 Å². The molecule has 0 bridgehead atoms. The Balaban J connectivity index is 2.00. The summed E-state index contributed by atoms with van der Waals surface area (Å²) in [5.41, 5.74) is 1.33. The third-order valence-corrected chi connectivity index (χ3v) is 3.02.